The van der Waals surface area contributed by atoms with E-state index in [1.807, 2.05) is 0 Å². The van der Waals surface area contributed by atoms with Crippen LogP contribution in [-0.2, 0) is 4.79 Å². The van der Waals surface area contributed by atoms with Crippen molar-refractivity contribution < 1.29 is 4.79 Å². The minimum Gasteiger partial charge on any atom is -0.385 e. The number of nitrogens with two attached hydrogens (primary N) is 1. The number of hydrogen-bond acceptors (Lipinski definition) is 3. The minimum atomic E-state index is -0.884. The second kappa shape index (κ2) is 2.38. The number of carbonyl (C=O) groups excluding carboxylic acids is 1. The van der Waals surface area contributed by atoms with Gasteiger partial charge in [0.15, 0.2) is 6.04 Å². The molecule has 10 heavy (non-hydrogen) atoms. The van der Waals surface area contributed by atoms with E-state index in [2.05, 4.69) is 9.98 Å². The monoisotopic (exact) mass is 138 g/mol. The van der Waals surface area contributed by atoms with Crippen LogP contribution in [0.4, 0.5) is 0 Å². The average molecular weight is 138 g/mol. The number of nitrogens with zero attached hydrogens (tertiary/aromatic N) is 2. The van der Waals surface area contributed by atoms with Gasteiger partial charge < -0.3 is 5.73 Å². The molecule has 0 aromatic rings. The summed E-state index contributed by atoms with van der Waals surface area (Å²) in [4.78, 5) is 17.7. The standard InChI is InChI=1S/C5H6N4O/c6-4(7)3-5(10)9-2-1-8-3/h1-3H,(H3,6,7). The SMILES string of the molecule is N=C(N)C1N=CC=NC1=O. The van der Waals surface area contributed by atoms with E-state index >= 15 is 0 Å². The van der Waals surface area contributed by atoms with E-state index in [9.17, 15) is 4.79 Å². The van der Waals surface area contributed by atoms with Crippen LogP contribution in [0.25, 0.3) is 0 Å². The van der Waals surface area contributed by atoms with Crippen LogP contribution in [0.2, 0.25) is 0 Å². The number of amides is 1. The number of amidine groups is 1. The number of aliphatic imine (C=N–C) groups is 2. The first-order chi connectivity index (χ1) is 4.72. The van der Waals surface area contributed by atoms with Gasteiger partial charge in [0.2, 0.25) is 0 Å². The van der Waals surface area contributed by atoms with Crippen LogP contribution in [0.3, 0.4) is 0 Å². The van der Waals surface area contributed by atoms with Crippen LogP contribution >= 0.6 is 0 Å². The lowest BCUT2D eigenvalue weighted by atomic mass is 10.2. The van der Waals surface area contributed by atoms with Crippen molar-refractivity contribution in [2.45, 2.75) is 6.04 Å². The third kappa shape index (κ3) is 1.07. The van der Waals surface area contributed by atoms with Gasteiger partial charge in [-0.15, -0.1) is 0 Å². The third-order valence-corrected chi connectivity index (χ3v) is 1.03. The van der Waals surface area contributed by atoms with E-state index in [0.29, 0.717) is 0 Å². The molecule has 5 nitrogen and oxygen atoms in total. The summed E-state index contributed by atoms with van der Waals surface area (Å²) in [5.41, 5.74) is 5.03. The highest BCUT2D eigenvalue weighted by Gasteiger charge is 2.19. The number of hydrogen-bond donors (Lipinski definition) is 2. The topological polar surface area (TPSA) is 91.7 Å². The zero-order chi connectivity index (χ0) is 7.56. The molecule has 0 fully saturated rings. The van der Waals surface area contributed by atoms with Crippen molar-refractivity contribution in [1.82, 2.24) is 0 Å². The van der Waals surface area contributed by atoms with E-state index in [-0.39, 0.29) is 5.84 Å². The molecular weight excluding hydrogens is 132 g/mol. The highest BCUT2D eigenvalue weighted by atomic mass is 16.1. The predicted octanol–water partition coefficient (Wildman–Crippen LogP) is -1.03. The predicted molar refractivity (Wildman–Crippen MR) is 37.7 cm³/mol. The van der Waals surface area contributed by atoms with Crippen molar-refractivity contribution in [2.75, 3.05) is 0 Å². The van der Waals surface area contributed by atoms with Crippen molar-refractivity contribution in [3.05, 3.63) is 0 Å². The minimum absolute atomic E-state index is 0.266. The van der Waals surface area contributed by atoms with Gasteiger partial charge in [-0.1, -0.05) is 0 Å². The van der Waals surface area contributed by atoms with Crippen LogP contribution in [0.1, 0.15) is 0 Å². The molecule has 3 N–H and O–H groups in total. The molecule has 0 spiro atoms. The second-order valence-electron chi connectivity index (χ2n) is 1.77. The molecule has 0 bridgehead atoms. The van der Waals surface area contributed by atoms with Gasteiger partial charge in [0.25, 0.3) is 5.91 Å². The highest BCUT2D eigenvalue weighted by molar-refractivity contribution is 6.24. The lowest BCUT2D eigenvalue weighted by molar-refractivity contribution is -0.117. The van der Waals surface area contributed by atoms with Crippen LogP contribution < -0.4 is 5.73 Å². The quantitative estimate of drug-likeness (QED) is 0.358. The summed E-state index contributed by atoms with van der Waals surface area (Å²) in [6, 6.07) is -0.884. The van der Waals surface area contributed by atoms with Gasteiger partial charge in [0.1, 0.15) is 5.84 Å². The Hall–Kier alpha value is -1.52. The van der Waals surface area contributed by atoms with Crippen LogP contribution in [-0.4, -0.2) is 30.2 Å². The van der Waals surface area contributed by atoms with Crippen molar-refractivity contribution in [1.29, 1.82) is 5.41 Å². The molecule has 0 radical (unpaired) electrons. The van der Waals surface area contributed by atoms with Crippen LogP contribution in [0, 0.1) is 5.41 Å². The molecule has 1 rings (SSSR count). The number of carbonyl (C=O) groups is 1. The fraction of sp³-hybridized carbons (Fsp3) is 0.200. The molecule has 1 atom stereocenters. The smallest absolute Gasteiger partial charge is 0.278 e. The van der Waals surface area contributed by atoms with Crippen molar-refractivity contribution in [2.24, 2.45) is 15.7 Å². The summed E-state index contributed by atoms with van der Waals surface area (Å²) in [7, 11) is 0. The average Bonchev–Trinajstić information content (AvgIpc) is 1.88. The molecule has 0 saturated heterocycles. The lowest BCUT2D eigenvalue weighted by Gasteiger charge is -2.06. The highest BCUT2D eigenvalue weighted by Crippen LogP contribution is 1.95. The molecule has 1 unspecified atom stereocenters. The molecular formula is C5H6N4O. The van der Waals surface area contributed by atoms with Crippen LogP contribution in [0.15, 0.2) is 9.98 Å². The van der Waals surface area contributed by atoms with Crippen molar-refractivity contribution >= 4 is 24.2 Å². The Morgan fingerprint density at radius 2 is 2.40 bits per heavy atom. The molecule has 0 aromatic carbocycles. The maximum absolute atomic E-state index is 10.7. The normalized spacial score (nSPS) is 23.2. The van der Waals surface area contributed by atoms with Gasteiger partial charge in [-0.2, -0.15) is 0 Å². The van der Waals surface area contributed by atoms with Gasteiger partial charge >= 0.3 is 0 Å². The number of nitrogens with one attached hydrogen (secondary N) is 1. The van der Waals surface area contributed by atoms with Gasteiger partial charge in [-0.05, 0) is 0 Å². The van der Waals surface area contributed by atoms with Crippen molar-refractivity contribution in [3.63, 3.8) is 0 Å². The molecule has 5 heteroatoms. The van der Waals surface area contributed by atoms with E-state index in [0.717, 1.165) is 0 Å². The Kier molecular flexibility index (Phi) is 1.57. The third-order valence-electron chi connectivity index (χ3n) is 1.03. The lowest BCUT2D eigenvalue weighted by Crippen LogP contribution is -2.34. The fourth-order valence-corrected chi connectivity index (χ4v) is 0.579. The Labute approximate surface area is 57.2 Å². The summed E-state index contributed by atoms with van der Waals surface area (Å²) < 4.78 is 0. The molecule has 52 valence electrons. The molecule has 0 aliphatic carbocycles. The first kappa shape index (κ1) is 6.60. The number of rotatable bonds is 1. The molecule has 1 amide bonds. The first-order valence-electron chi connectivity index (χ1n) is 2.65. The van der Waals surface area contributed by atoms with E-state index in [4.69, 9.17) is 11.1 Å². The van der Waals surface area contributed by atoms with Gasteiger partial charge in [0, 0.05) is 12.4 Å². The van der Waals surface area contributed by atoms with Crippen LogP contribution in [0.5, 0.6) is 0 Å². The summed E-state index contributed by atoms with van der Waals surface area (Å²) in [5.74, 6) is -0.742. The largest absolute Gasteiger partial charge is 0.385 e. The van der Waals surface area contributed by atoms with Gasteiger partial charge in [-0.3, -0.25) is 15.2 Å². The zero-order valence-electron chi connectivity index (χ0n) is 5.11. The zero-order valence-corrected chi connectivity index (χ0v) is 5.11. The molecule has 0 saturated carbocycles. The maximum atomic E-state index is 10.7. The molecule has 0 aromatic heterocycles. The second-order valence-corrected chi connectivity index (χ2v) is 1.77. The van der Waals surface area contributed by atoms with Crippen molar-refractivity contribution in [3.8, 4) is 0 Å². The Morgan fingerprint density at radius 3 is 2.80 bits per heavy atom. The maximum Gasteiger partial charge on any atom is 0.278 e. The van der Waals surface area contributed by atoms with Gasteiger partial charge in [0.05, 0.1) is 0 Å². The Morgan fingerprint density at radius 1 is 1.70 bits per heavy atom. The first-order valence-corrected chi connectivity index (χ1v) is 2.65. The fourth-order valence-electron chi connectivity index (χ4n) is 0.579. The molecule has 1 aliphatic heterocycles. The summed E-state index contributed by atoms with van der Waals surface area (Å²) >= 11 is 0. The Bertz CT molecular complexity index is 230. The summed E-state index contributed by atoms with van der Waals surface area (Å²) in [6.45, 7) is 0. The van der Waals surface area contributed by atoms with Gasteiger partial charge in [-0.25, -0.2) is 4.99 Å². The summed E-state index contributed by atoms with van der Waals surface area (Å²) in [5, 5.41) is 6.89. The van der Waals surface area contributed by atoms with E-state index in [1.165, 1.54) is 12.4 Å². The molecule has 1 heterocycles. The Balaban J connectivity index is 2.80. The van der Waals surface area contributed by atoms with E-state index in [1.54, 1.807) is 0 Å². The summed E-state index contributed by atoms with van der Waals surface area (Å²) in [6.07, 6.45) is 2.63. The molecule has 1 aliphatic rings. The van der Waals surface area contributed by atoms with E-state index < -0.39 is 11.9 Å².